The van der Waals surface area contributed by atoms with Crippen LogP contribution in [0.15, 0.2) is 23.1 Å². The zero-order chi connectivity index (χ0) is 10.1. The van der Waals surface area contributed by atoms with Crippen LogP contribution in [0, 0.1) is 0 Å². The standard InChI is InChI=1S/C7H9ClN2O2S/c1-10-13(11,12)7-4-5(9)2-3-6(7)8/h2-4,10H,9H2,1H3. The molecule has 0 saturated heterocycles. The Labute approximate surface area is 81.8 Å². The van der Waals surface area contributed by atoms with Crippen molar-refractivity contribution in [3.8, 4) is 0 Å². The second kappa shape index (κ2) is 3.53. The number of sulfonamides is 1. The van der Waals surface area contributed by atoms with E-state index in [1.807, 2.05) is 0 Å². The molecular formula is C7H9ClN2O2S. The second-order valence-corrected chi connectivity index (χ2v) is 4.66. The van der Waals surface area contributed by atoms with Gasteiger partial charge in [-0.25, -0.2) is 13.1 Å². The molecule has 0 atom stereocenters. The highest BCUT2D eigenvalue weighted by Crippen LogP contribution is 2.22. The largest absolute Gasteiger partial charge is 0.399 e. The van der Waals surface area contributed by atoms with E-state index in [2.05, 4.69) is 4.72 Å². The lowest BCUT2D eigenvalue weighted by Crippen LogP contribution is -2.19. The van der Waals surface area contributed by atoms with Crippen LogP contribution >= 0.6 is 11.6 Å². The number of anilines is 1. The van der Waals surface area contributed by atoms with Gasteiger partial charge >= 0.3 is 0 Å². The molecule has 0 spiro atoms. The summed E-state index contributed by atoms with van der Waals surface area (Å²) in [5, 5.41) is 0.156. The molecule has 0 saturated carbocycles. The predicted molar refractivity (Wildman–Crippen MR) is 52.1 cm³/mol. The highest BCUT2D eigenvalue weighted by molar-refractivity contribution is 7.89. The molecule has 72 valence electrons. The average molecular weight is 221 g/mol. The van der Waals surface area contributed by atoms with E-state index in [0.29, 0.717) is 5.69 Å². The minimum Gasteiger partial charge on any atom is -0.399 e. The third-order valence-electron chi connectivity index (χ3n) is 1.51. The molecule has 4 nitrogen and oxygen atoms in total. The van der Waals surface area contributed by atoms with Gasteiger partial charge in [0.2, 0.25) is 10.0 Å². The maximum absolute atomic E-state index is 11.3. The Bertz CT molecular complexity index is 417. The van der Waals surface area contributed by atoms with Gasteiger partial charge in [0.05, 0.1) is 5.02 Å². The van der Waals surface area contributed by atoms with Crippen molar-refractivity contribution in [2.75, 3.05) is 12.8 Å². The van der Waals surface area contributed by atoms with Crippen LogP contribution in [0.2, 0.25) is 5.02 Å². The summed E-state index contributed by atoms with van der Waals surface area (Å²) < 4.78 is 24.8. The van der Waals surface area contributed by atoms with Crippen LogP contribution in [0.3, 0.4) is 0 Å². The summed E-state index contributed by atoms with van der Waals surface area (Å²) in [7, 11) is -2.20. The zero-order valence-electron chi connectivity index (χ0n) is 6.91. The van der Waals surface area contributed by atoms with Crippen LogP contribution in [-0.4, -0.2) is 15.5 Å². The SMILES string of the molecule is CNS(=O)(=O)c1cc(N)ccc1Cl. The van der Waals surface area contributed by atoms with Crippen molar-refractivity contribution >= 4 is 27.3 Å². The topological polar surface area (TPSA) is 72.2 Å². The Kier molecular flexibility index (Phi) is 2.80. The summed E-state index contributed by atoms with van der Waals surface area (Å²) in [6, 6.07) is 4.30. The molecule has 1 aromatic rings. The van der Waals surface area contributed by atoms with Crippen molar-refractivity contribution in [2.24, 2.45) is 0 Å². The van der Waals surface area contributed by atoms with Crippen LogP contribution in [-0.2, 0) is 10.0 Å². The van der Waals surface area contributed by atoms with Gasteiger partial charge in [-0.3, -0.25) is 0 Å². The van der Waals surface area contributed by atoms with Gasteiger partial charge in [-0.15, -0.1) is 0 Å². The van der Waals surface area contributed by atoms with Crippen LogP contribution in [0.1, 0.15) is 0 Å². The molecule has 0 aromatic heterocycles. The molecule has 3 N–H and O–H groups in total. The molecule has 0 radical (unpaired) electrons. The number of nitrogens with one attached hydrogen (secondary N) is 1. The van der Waals surface area contributed by atoms with Crippen molar-refractivity contribution in [3.05, 3.63) is 23.2 Å². The normalized spacial score (nSPS) is 11.5. The van der Waals surface area contributed by atoms with E-state index >= 15 is 0 Å². The Morgan fingerprint density at radius 2 is 2.08 bits per heavy atom. The van der Waals surface area contributed by atoms with Crippen molar-refractivity contribution in [2.45, 2.75) is 4.90 Å². The number of hydrogen-bond donors (Lipinski definition) is 2. The molecule has 0 aliphatic heterocycles. The first-order valence-corrected chi connectivity index (χ1v) is 5.32. The van der Waals surface area contributed by atoms with Gasteiger partial charge in [0.1, 0.15) is 4.90 Å². The Morgan fingerprint density at radius 1 is 1.46 bits per heavy atom. The van der Waals surface area contributed by atoms with Gasteiger partial charge in [-0.1, -0.05) is 11.6 Å². The maximum Gasteiger partial charge on any atom is 0.241 e. The summed E-state index contributed by atoms with van der Waals surface area (Å²) >= 11 is 5.68. The fourth-order valence-electron chi connectivity index (χ4n) is 0.836. The molecule has 1 rings (SSSR count). The molecule has 1 aromatic carbocycles. The monoisotopic (exact) mass is 220 g/mol. The summed E-state index contributed by atoms with van der Waals surface area (Å²) in [6.45, 7) is 0. The smallest absolute Gasteiger partial charge is 0.241 e. The summed E-state index contributed by atoms with van der Waals surface area (Å²) in [4.78, 5) is -0.00309. The van der Waals surface area contributed by atoms with Crippen LogP contribution in [0.5, 0.6) is 0 Å². The van der Waals surface area contributed by atoms with Crippen molar-refractivity contribution < 1.29 is 8.42 Å². The molecule has 0 aliphatic rings. The van der Waals surface area contributed by atoms with Crippen LogP contribution in [0.4, 0.5) is 5.69 Å². The lowest BCUT2D eigenvalue weighted by atomic mass is 10.3. The molecule has 0 unspecified atom stereocenters. The third-order valence-corrected chi connectivity index (χ3v) is 3.41. The molecule has 0 heterocycles. The van der Waals surface area contributed by atoms with Gasteiger partial charge in [0.25, 0.3) is 0 Å². The number of halogens is 1. The molecule has 0 aliphatic carbocycles. The summed E-state index contributed by atoms with van der Waals surface area (Å²) in [5.74, 6) is 0. The Morgan fingerprint density at radius 3 is 2.62 bits per heavy atom. The zero-order valence-corrected chi connectivity index (χ0v) is 8.48. The minimum atomic E-state index is -3.51. The Balaban J connectivity index is 3.38. The minimum absolute atomic E-state index is 0.00309. The lowest BCUT2D eigenvalue weighted by molar-refractivity contribution is 0.588. The second-order valence-electron chi connectivity index (χ2n) is 2.40. The van der Waals surface area contributed by atoms with Gasteiger partial charge in [0, 0.05) is 5.69 Å². The van der Waals surface area contributed by atoms with E-state index in [1.165, 1.54) is 25.2 Å². The predicted octanol–water partition coefficient (Wildman–Crippen LogP) is 0.830. The first-order chi connectivity index (χ1) is 5.97. The van der Waals surface area contributed by atoms with E-state index in [-0.39, 0.29) is 9.92 Å². The fourth-order valence-corrected chi connectivity index (χ4v) is 2.09. The highest BCUT2D eigenvalue weighted by atomic mass is 35.5. The molecule has 0 fully saturated rings. The van der Waals surface area contributed by atoms with Crippen molar-refractivity contribution in [3.63, 3.8) is 0 Å². The van der Waals surface area contributed by atoms with E-state index in [4.69, 9.17) is 17.3 Å². The fraction of sp³-hybridized carbons (Fsp3) is 0.143. The third kappa shape index (κ3) is 2.12. The van der Waals surface area contributed by atoms with Crippen LogP contribution < -0.4 is 10.5 Å². The molecule has 0 amide bonds. The Hall–Kier alpha value is -0.780. The summed E-state index contributed by atoms with van der Waals surface area (Å²) in [6.07, 6.45) is 0. The van der Waals surface area contributed by atoms with E-state index in [0.717, 1.165) is 0 Å². The number of benzene rings is 1. The maximum atomic E-state index is 11.3. The van der Waals surface area contributed by atoms with Crippen molar-refractivity contribution in [1.29, 1.82) is 0 Å². The quantitative estimate of drug-likeness (QED) is 0.726. The molecule has 13 heavy (non-hydrogen) atoms. The molecular weight excluding hydrogens is 212 g/mol. The highest BCUT2D eigenvalue weighted by Gasteiger charge is 2.15. The lowest BCUT2D eigenvalue weighted by Gasteiger charge is -2.05. The number of hydrogen-bond acceptors (Lipinski definition) is 3. The number of nitrogens with two attached hydrogens (primary N) is 1. The van der Waals surface area contributed by atoms with Crippen molar-refractivity contribution in [1.82, 2.24) is 4.72 Å². The number of nitrogen functional groups attached to an aromatic ring is 1. The number of rotatable bonds is 2. The molecule has 6 heteroatoms. The van der Waals surface area contributed by atoms with E-state index in [1.54, 1.807) is 0 Å². The van der Waals surface area contributed by atoms with Gasteiger partial charge in [0.15, 0.2) is 0 Å². The average Bonchev–Trinajstić information content (AvgIpc) is 2.09. The van der Waals surface area contributed by atoms with E-state index in [9.17, 15) is 8.42 Å². The molecule has 0 bridgehead atoms. The van der Waals surface area contributed by atoms with E-state index < -0.39 is 10.0 Å². The van der Waals surface area contributed by atoms with Gasteiger partial charge < -0.3 is 5.73 Å². The van der Waals surface area contributed by atoms with Gasteiger partial charge in [-0.05, 0) is 25.2 Å². The first kappa shape index (κ1) is 10.3. The van der Waals surface area contributed by atoms with Crippen LogP contribution in [0.25, 0.3) is 0 Å². The van der Waals surface area contributed by atoms with Gasteiger partial charge in [-0.2, -0.15) is 0 Å². The summed E-state index contributed by atoms with van der Waals surface area (Å²) in [5.41, 5.74) is 5.79. The first-order valence-electron chi connectivity index (χ1n) is 3.46.